The number of ether oxygens (including phenoxy) is 1. The van der Waals surface area contributed by atoms with Gasteiger partial charge < -0.3 is 15.0 Å². The predicted octanol–water partition coefficient (Wildman–Crippen LogP) is 1.91. The number of H-pyrrole nitrogens is 1. The Kier molecular flexibility index (Phi) is 4.39. The molecule has 1 atom stereocenters. The third-order valence-electron chi connectivity index (χ3n) is 4.58. The normalized spacial score (nSPS) is 18.9. The van der Waals surface area contributed by atoms with E-state index >= 15 is 0 Å². The van der Waals surface area contributed by atoms with Gasteiger partial charge in [0.25, 0.3) is 0 Å². The molecule has 4 rings (SSSR count). The number of imidazole rings is 1. The Morgan fingerprint density at radius 1 is 1.15 bits per heavy atom. The first-order valence-electron chi connectivity index (χ1n) is 8.41. The molecule has 1 unspecified atom stereocenters. The van der Waals surface area contributed by atoms with Crippen molar-refractivity contribution in [3.63, 3.8) is 0 Å². The van der Waals surface area contributed by atoms with Crippen LogP contribution in [0.4, 0.5) is 0 Å². The van der Waals surface area contributed by atoms with Crippen molar-refractivity contribution in [2.24, 2.45) is 0 Å². The molecule has 0 radical (unpaired) electrons. The van der Waals surface area contributed by atoms with Crippen LogP contribution in [0.25, 0.3) is 11.0 Å². The van der Waals surface area contributed by atoms with Crippen molar-refractivity contribution in [3.8, 4) is 5.75 Å². The summed E-state index contributed by atoms with van der Waals surface area (Å²) in [7, 11) is -2.09. The zero-order valence-electron chi connectivity index (χ0n) is 14.3. The van der Waals surface area contributed by atoms with Gasteiger partial charge in [-0.1, -0.05) is 12.1 Å². The summed E-state index contributed by atoms with van der Waals surface area (Å²) in [5.74, 6) is 1.27. The second kappa shape index (κ2) is 6.71. The minimum absolute atomic E-state index is 0.251. The first-order valence-corrected chi connectivity index (χ1v) is 9.85. The number of aromatic nitrogens is 2. The summed E-state index contributed by atoms with van der Waals surface area (Å²) in [5.41, 5.74) is 1.73. The monoisotopic (exact) mass is 372 g/mol. The Labute approximate surface area is 152 Å². The molecule has 0 saturated carbocycles. The van der Waals surface area contributed by atoms with Gasteiger partial charge in [0.1, 0.15) is 11.6 Å². The van der Waals surface area contributed by atoms with Crippen LogP contribution in [0.3, 0.4) is 0 Å². The third-order valence-corrected chi connectivity index (χ3v) is 6.51. The number of fused-ring (bicyclic) bond motifs is 1. The molecule has 2 aromatic carbocycles. The summed E-state index contributed by atoms with van der Waals surface area (Å²) in [6.07, 6.45) is 0. The summed E-state index contributed by atoms with van der Waals surface area (Å²) in [6, 6.07) is 13.8. The maximum absolute atomic E-state index is 13.2. The van der Waals surface area contributed by atoms with E-state index in [2.05, 4.69) is 15.3 Å². The first-order chi connectivity index (χ1) is 12.6. The highest BCUT2D eigenvalue weighted by Crippen LogP contribution is 2.29. The quantitative estimate of drug-likeness (QED) is 0.730. The van der Waals surface area contributed by atoms with Crippen LogP contribution in [0, 0.1) is 0 Å². The Hall–Kier alpha value is -2.42. The molecule has 0 aliphatic carbocycles. The van der Waals surface area contributed by atoms with Crippen molar-refractivity contribution in [2.45, 2.75) is 10.9 Å². The van der Waals surface area contributed by atoms with Crippen molar-refractivity contribution in [1.29, 1.82) is 0 Å². The van der Waals surface area contributed by atoms with Gasteiger partial charge in [-0.05, 0) is 36.4 Å². The number of benzene rings is 2. The van der Waals surface area contributed by atoms with Crippen LogP contribution in [0.15, 0.2) is 53.4 Å². The molecule has 1 aromatic heterocycles. The molecule has 7 nitrogen and oxygen atoms in total. The molecule has 1 fully saturated rings. The van der Waals surface area contributed by atoms with Crippen molar-refractivity contribution >= 4 is 21.1 Å². The number of piperazine rings is 1. The smallest absolute Gasteiger partial charge is 0.243 e. The molecule has 26 heavy (non-hydrogen) atoms. The molecule has 0 bridgehead atoms. The largest absolute Gasteiger partial charge is 0.497 e. The van der Waals surface area contributed by atoms with Crippen molar-refractivity contribution in [3.05, 3.63) is 54.4 Å². The van der Waals surface area contributed by atoms with Gasteiger partial charge in [0, 0.05) is 19.6 Å². The van der Waals surface area contributed by atoms with Gasteiger partial charge in [-0.15, -0.1) is 0 Å². The van der Waals surface area contributed by atoms with E-state index in [1.807, 2.05) is 24.3 Å². The maximum atomic E-state index is 13.2. The number of para-hydroxylation sites is 2. The minimum Gasteiger partial charge on any atom is -0.497 e. The maximum Gasteiger partial charge on any atom is 0.243 e. The number of hydrogen-bond acceptors (Lipinski definition) is 5. The molecule has 1 saturated heterocycles. The Bertz CT molecular complexity index is 981. The molecule has 1 aliphatic rings. The highest BCUT2D eigenvalue weighted by atomic mass is 32.2. The van der Waals surface area contributed by atoms with Crippen LogP contribution in [-0.2, 0) is 10.0 Å². The van der Waals surface area contributed by atoms with E-state index < -0.39 is 10.0 Å². The molecule has 1 aliphatic heterocycles. The lowest BCUT2D eigenvalue weighted by Crippen LogP contribution is -2.48. The second-order valence-electron chi connectivity index (χ2n) is 6.15. The van der Waals surface area contributed by atoms with Gasteiger partial charge in [-0.3, -0.25) is 0 Å². The van der Waals surface area contributed by atoms with Crippen molar-refractivity contribution < 1.29 is 13.2 Å². The summed E-state index contributed by atoms with van der Waals surface area (Å²) in [6.45, 7) is 1.50. The van der Waals surface area contributed by atoms with E-state index in [-0.39, 0.29) is 10.9 Å². The minimum atomic E-state index is -3.64. The van der Waals surface area contributed by atoms with E-state index in [0.29, 0.717) is 31.2 Å². The Balaban J connectivity index is 1.72. The molecule has 3 aromatic rings. The lowest BCUT2D eigenvalue weighted by molar-refractivity contribution is 0.263. The Morgan fingerprint density at radius 3 is 2.65 bits per heavy atom. The molecule has 0 amide bonds. The van der Waals surface area contributed by atoms with Crippen LogP contribution in [0.1, 0.15) is 11.9 Å². The van der Waals surface area contributed by atoms with Crippen LogP contribution >= 0.6 is 0 Å². The highest BCUT2D eigenvalue weighted by molar-refractivity contribution is 7.89. The molecule has 8 heteroatoms. The van der Waals surface area contributed by atoms with Gasteiger partial charge in [0.2, 0.25) is 10.0 Å². The average molecular weight is 372 g/mol. The highest BCUT2D eigenvalue weighted by Gasteiger charge is 2.36. The SMILES string of the molecule is COc1ccc(S(=O)(=O)N2CCNCC2c2nc3ccccc3[nH]2)cc1. The number of nitrogens with zero attached hydrogens (tertiary/aromatic N) is 2. The lowest BCUT2D eigenvalue weighted by Gasteiger charge is -2.34. The standard InChI is InChI=1S/C18H20N4O3S/c1-25-13-6-8-14(9-7-13)26(23,24)22-11-10-19-12-17(22)18-20-15-4-2-3-5-16(15)21-18/h2-9,17,19H,10-12H2,1H3,(H,20,21). The second-order valence-corrected chi connectivity index (χ2v) is 8.04. The van der Waals surface area contributed by atoms with Gasteiger partial charge in [0.15, 0.2) is 0 Å². The van der Waals surface area contributed by atoms with Crippen molar-refractivity contribution in [2.75, 3.05) is 26.7 Å². The molecule has 2 N–H and O–H groups in total. The van der Waals surface area contributed by atoms with E-state index in [1.54, 1.807) is 31.4 Å². The lowest BCUT2D eigenvalue weighted by atomic mass is 10.2. The van der Waals surface area contributed by atoms with Gasteiger partial charge in [0.05, 0.1) is 29.1 Å². The molecule has 2 heterocycles. The van der Waals surface area contributed by atoms with Gasteiger partial charge in [-0.25, -0.2) is 13.4 Å². The van der Waals surface area contributed by atoms with Crippen LogP contribution in [0.5, 0.6) is 5.75 Å². The number of methoxy groups -OCH3 is 1. The first kappa shape index (κ1) is 17.0. The number of rotatable bonds is 4. The fourth-order valence-corrected chi connectivity index (χ4v) is 4.81. The van der Waals surface area contributed by atoms with Crippen LogP contribution < -0.4 is 10.1 Å². The fraction of sp³-hybridized carbons (Fsp3) is 0.278. The molecular weight excluding hydrogens is 352 g/mol. The molecule has 0 spiro atoms. The number of hydrogen-bond donors (Lipinski definition) is 2. The van der Waals surface area contributed by atoms with Crippen LogP contribution in [0.2, 0.25) is 0 Å². The van der Waals surface area contributed by atoms with Gasteiger partial charge >= 0.3 is 0 Å². The Morgan fingerprint density at radius 2 is 1.92 bits per heavy atom. The summed E-state index contributed by atoms with van der Waals surface area (Å²) in [5, 5.41) is 3.26. The van der Waals surface area contributed by atoms with Gasteiger partial charge in [-0.2, -0.15) is 4.31 Å². The van der Waals surface area contributed by atoms with Crippen LogP contribution in [-0.4, -0.2) is 49.4 Å². The van der Waals surface area contributed by atoms with E-state index in [9.17, 15) is 8.42 Å². The van der Waals surface area contributed by atoms with E-state index in [0.717, 1.165) is 11.0 Å². The summed E-state index contributed by atoms with van der Waals surface area (Å²) in [4.78, 5) is 8.11. The average Bonchev–Trinajstić information content (AvgIpc) is 3.12. The zero-order chi connectivity index (χ0) is 18.1. The number of aromatic amines is 1. The summed E-state index contributed by atoms with van der Waals surface area (Å²) < 4.78 is 33.0. The summed E-state index contributed by atoms with van der Waals surface area (Å²) >= 11 is 0. The third kappa shape index (κ3) is 2.96. The number of sulfonamides is 1. The van der Waals surface area contributed by atoms with Crippen molar-refractivity contribution in [1.82, 2.24) is 19.6 Å². The number of nitrogens with one attached hydrogen (secondary N) is 2. The topological polar surface area (TPSA) is 87.3 Å². The van der Waals surface area contributed by atoms with E-state index in [4.69, 9.17) is 4.74 Å². The van der Waals surface area contributed by atoms with E-state index in [1.165, 1.54) is 4.31 Å². The zero-order valence-corrected chi connectivity index (χ0v) is 15.2. The fourth-order valence-electron chi connectivity index (χ4n) is 3.22. The molecular formula is C18H20N4O3S. The predicted molar refractivity (Wildman–Crippen MR) is 98.6 cm³/mol. The molecule has 136 valence electrons.